The number of carboxylic acids is 1. The minimum absolute atomic E-state index is 0.370. The zero-order valence-corrected chi connectivity index (χ0v) is 8.93. The van der Waals surface area contributed by atoms with Gasteiger partial charge in [0, 0.05) is 19.0 Å². The second-order valence-corrected chi connectivity index (χ2v) is 3.34. The quantitative estimate of drug-likeness (QED) is 0.470. The van der Waals surface area contributed by atoms with Crippen LogP contribution in [0.1, 0.15) is 26.2 Å². The molecule has 0 aliphatic heterocycles. The standard InChI is InChI=1S/C9H18O3S/c1-2-3-5-12-6-4-8(7-13)9(10)11/h8,13H,2-7H2,1H3,(H,10,11). The van der Waals surface area contributed by atoms with Gasteiger partial charge in [0.1, 0.15) is 0 Å². The molecule has 0 rings (SSSR count). The molecule has 0 spiro atoms. The maximum Gasteiger partial charge on any atom is 0.307 e. The molecule has 0 aliphatic rings. The monoisotopic (exact) mass is 206 g/mol. The van der Waals surface area contributed by atoms with Crippen LogP contribution in [0.3, 0.4) is 0 Å². The second-order valence-electron chi connectivity index (χ2n) is 2.97. The third kappa shape index (κ3) is 6.90. The topological polar surface area (TPSA) is 46.5 Å². The van der Waals surface area contributed by atoms with Crippen LogP contribution in [0.15, 0.2) is 0 Å². The van der Waals surface area contributed by atoms with E-state index in [-0.39, 0.29) is 5.92 Å². The summed E-state index contributed by atoms with van der Waals surface area (Å²) in [6.45, 7) is 3.35. The number of aliphatic carboxylic acids is 1. The lowest BCUT2D eigenvalue weighted by Crippen LogP contribution is -2.17. The van der Waals surface area contributed by atoms with E-state index < -0.39 is 5.97 Å². The Bertz CT molecular complexity index is 139. The van der Waals surface area contributed by atoms with Crippen LogP contribution in [0.2, 0.25) is 0 Å². The predicted molar refractivity (Wildman–Crippen MR) is 55.3 cm³/mol. The molecule has 0 aromatic heterocycles. The first-order valence-electron chi connectivity index (χ1n) is 4.63. The smallest absolute Gasteiger partial charge is 0.307 e. The summed E-state index contributed by atoms with van der Waals surface area (Å²) in [5.74, 6) is -0.772. The Balaban J connectivity index is 3.33. The zero-order chi connectivity index (χ0) is 10.1. The van der Waals surface area contributed by atoms with Gasteiger partial charge in [-0.2, -0.15) is 12.6 Å². The van der Waals surface area contributed by atoms with Crippen molar-refractivity contribution < 1.29 is 14.6 Å². The summed E-state index contributed by atoms with van der Waals surface area (Å²) < 4.78 is 5.26. The Kier molecular flexibility index (Phi) is 8.24. The summed E-state index contributed by atoms with van der Waals surface area (Å²) in [5.41, 5.74) is 0. The molecular weight excluding hydrogens is 188 g/mol. The van der Waals surface area contributed by atoms with Crippen molar-refractivity contribution in [1.29, 1.82) is 0 Å². The molecule has 0 aliphatic carbocycles. The van der Waals surface area contributed by atoms with Crippen LogP contribution in [-0.2, 0) is 9.53 Å². The number of hydrogen-bond donors (Lipinski definition) is 2. The average Bonchev–Trinajstić information content (AvgIpc) is 2.10. The number of hydrogen-bond acceptors (Lipinski definition) is 3. The van der Waals surface area contributed by atoms with Crippen LogP contribution in [0.4, 0.5) is 0 Å². The summed E-state index contributed by atoms with van der Waals surface area (Å²) in [5, 5.41) is 8.67. The van der Waals surface area contributed by atoms with Crippen molar-refractivity contribution in [2.75, 3.05) is 19.0 Å². The molecule has 3 nitrogen and oxygen atoms in total. The summed E-state index contributed by atoms with van der Waals surface area (Å²) in [4.78, 5) is 10.5. The Morgan fingerprint density at radius 1 is 1.54 bits per heavy atom. The number of ether oxygens (including phenoxy) is 1. The normalized spacial score (nSPS) is 12.8. The molecule has 4 heteroatoms. The van der Waals surface area contributed by atoms with Gasteiger partial charge >= 0.3 is 5.97 Å². The van der Waals surface area contributed by atoms with E-state index >= 15 is 0 Å². The molecule has 0 aromatic carbocycles. The lowest BCUT2D eigenvalue weighted by atomic mass is 10.1. The molecule has 0 amide bonds. The summed E-state index contributed by atoms with van der Waals surface area (Å²) in [7, 11) is 0. The van der Waals surface area contributed by atoms with Gasteiger partial charge in [-0.1, -0.05) is 13.3 Å². The van der Waals surface area contributed by atoms with Crippen LogP contribution >= 0.6 is 12.6 Å². The van der Waals surface area contributed by atoms with Crippen LogP contribution in [-0.4, -0.2) is 30.0 Å². The molecule has 0 aromatic rings. The number of carbonyl (C=O) groups is 1. The van der Waals surface area contributed by atoms with Gasteiger partial charge in [-0.25, -0.2) is 0 Å². The van der Waals surface area contributed by atoms with Gasteiger partial charge in [0.25, 0.3) is 0 Å². The summed E-state index contributed by atoms with van der Waals surface area (Å²) in [6.07, 6.45) is 2.70. The third-order valence-electron chi connectivity index (χ3n) is 1.82. The average molecular weight is 206 g/mol. The minimum Gasteiger partial charge on any atom is -0.481 e. The van der Waals surface area contributed by atoms with Gasteiger partial charge < -0.3 is 9.84 Å². The van der Waals surface area contributed by atoms with Gasteiger partial charge in [0.05, 0.1) is 5.92 Å². The number of unbranched alkanes of at least 4 members (excludes halogenated alkanes) is 1. The van der Waals surface area contributed by atoms with Crippen LogP contribution in [0.5, 0.6) is 0 Å². The van der Waals surface area contributed by atoms with Crippen LogP contribution in [0, 0.1) is 5.92 Å². The highest BCUT2D eigenvalue weighted by Gasteiger charge is 2.14. The van der Waals surface area contributed by atoms with Crippen molar-refractivity contribution >= 4 is 18.6 Å². The van der Waals surface area contributed by atoms with Gasteiger partial charge in [-0.15, -0.1) is 0 Å². The molecule has 13 heavy (non-hydrogen) atoms. The summed E-state index contributed by atoms with van der Waals surface area (Å²) in [6, 6.07) is 0. The van der Waals surface area contributed by atoms with E-state index in [1.165, 1.54) is 0 Å². The molecular formula is C9H18O3S. The van der Waals surface area contributed by atoms with Crippen molar-refractivity contribution in [2.24, 2.45) is 5.92 Å². The van der Waals surface area contributed by atoms with E-state index in [1.54, 1.807) is 0 Å². The largest absolute Gasteiger partial charge is 0.481 e. The van der Waals surface area contributed by atoms with E-state index in [0.717, 1.165) is 19.4 Å². The van der Waals surface area contributed by atoms with Crippen molar-refractivity contribution in [3.8, 4) is 0 Å². The van der Waals surface area contributed by atoms with Gasteiger partial charge in [0.2, 0.25) is 0 Å². The molecule has 0 fully saturated rings. The minimum atomic E-state index is -0.783. The fraction of sp³-hybridized carbons (Fsp3) is 0.889. The molecule has 0 heterocycles. The van der Waals surface area contributed by atoms with E-state index in [1.807, 2.05) is 0 Å². The van der Waals surface area contributed by atoms with E-state index in [0.29, 0.717) is 18.8 Å². The number of thiol groups is 1. The van der Waals surface area contributed by atoms with E-state index in [4.69, 9.17) is 9.84 Å². The molecule has 0 saturated carbocycles. The number of carboxylic acid groups (broad SMARTS) is 1. The Hall–Kier alpha value is -0.220. The first-order valence-corrected chi connectivity index (χ1v) is 5.27. The van der Waals surface area contributed by atoms with Gasteiger partial charge in [-0.05, 0) is 12.8 Å². The first-order chi connectivity index (χ1) is 6.22. The van der Waals surface area contributed by atoms with Crippen molar-refractivity contribution in [2.45, 2.75) is 26.2 Å². The SMILES string of the molecule is CCCCOCCC(CS)C(=O)O. The van der Waals surface area contributed by atoms with E-state index in [9.17, 15) is 4.79 Å². The molecule has 0 bridgehead atoms. The zero-order valence-electron chi connectivity index (χ0n) is 8.03. The molecule has 78 valence electrons. The third-order valence-corrected chi connectivity index (χ3v) is 2.26. The fourth-order valence-electron chi connectivity index (χ4n) is 0.867. The van der Waals surface area contributed by atoms with E-state index in [2.05, 4.69) is 19.6 Å². The number of rotatable bonds is 8. The first kappa shape index (κ1) is 12.8. The van der Waals surface area contributed by atoms with Gasteiger partial charge in [-0.3, -0.25) is 4.79 Å². The van der Waals surface area contributed by atoms with Crippen LogP contribution in [0.25, 0.3) is 0 Å². The summed E-state index contributed by atoms with van der Waals surface area (Å²) >= 11 is 3.96. The maximum absolute atomic E-state index is 10.5. The Morgan fingerprint density at radius 3 is 2.69 bits per heavy atom. The highest BCUT2D eigenvalue weighted by Crippen LogP contribution is 2.05. The lowest BCUT2D eigenvalue weighted by Gasteiger charge is -2.08. The molecule has 1 N–H and O–H groups in total. The molecule has 1 unspecified atom stereocenters. The predicted octanol–water partition coefficient (Wildman–Crippen LogP) is 1.82. The van der Waals surface area contributed by atoms with Crippen molar-refractivity contribution in [3.63, 3.8) is 0 Å². The Morgan fingerprint density at radius 2 is 2.23 bits per heavy atom. The highest BCUT2D eigenvalue weighted by molar-refractivity contribution is 7.80. The van der Waals surface area contributed by atoms with Crippen LogP contribution < -0.4 is 0 Å². The van der Waals surface area contributed by atoms with Crippen molar-refractivity contribution in [3.05, 3.63) is 0 Å². The van der Waals surface area contributed by atoms with Crippen molar-refractivity contribution in [1.82, 2.24) is 0 Å². The maximum atomic E-state index is 10.5. The lowest BCUT2D eigenvalue weighted by molar-refractivity contribution is -0.141. The Labute approximate surface area is 84.9 Å². The molecule has 0 radical (unpaired) electrons. The fourth-order valence-corrected chi connectivity index (χ4v) is 1.21. The second kappa shape index (κ2) is 8.38. The highest BCUT2D eigenvalue weighted by atomic mass is 32.1. The molecule has 1 atom stereocenters. The molecule has 0 saturated heterocycles. The van der Waals surface area contributed by atoms with Gasteiger partial charge in [0.15, 0.2) is 0 Å².